The summed E-state index contributed by atoms with van der Waals surface area (Å²) in [6.07, 6.45) is 0. The highest BCUT2D eigenvalue weighted by molar-refractivity contribution is 8.33. The lowest BCUT2D eigenvalue weighted by atomic mass is 10.2. The van der Waals surface area contributed by atoms with Crippen molar-refractivity contribution in [2.45, 2.75) is 33.4 Å². The first kappa shape index (κ1) is 22.3. The van der Waals surface area contributed by atoms with Crippen LogP contribution in [-0.4, -0.2) is 8.42 Å². The van der Waals surface area contributed by atoms with Gasteiger partial charge in [-0.05, 0) is 84.3 Å². The Morgan fingerprint density at radius 1 is 0.656 bits per heavy atom. The van der Waals surface area contributed by atoms with E-state index in [1.54, 1.807) is 0 Å². The first-order valence-corrected chi connectivity index (χ1v) is 13.0. The van der Waals surface area contributed by atoms with Crippen molar-refractivity contribution in [3.63, 3.8) is 0 Å². The molecule has 0 N–H and O–H groups in total. The van der Waals surface area contributed by atoms with Crippen LogP contribution >= 0.6 is 10.3 Å². The van der Waals surface area contributed by atoms with Gasteiger partial charge in [-0.15, -0.1) is 0 Å². The van der Waals surface area contributed by atoms with Crippen molar-refractivity contribution >= 4 is 20.4 Å². The highest BCUT2D eigenvalue weighted by Gasteiger charge is 2.39. The van der Waals surface area contributed by atoms with Crippen molar-refractivity contribution in [3.05, 3.63) is 120 Å². The van der Waals surface area contributed by atoms with E-state index >= 15 is 0 Å². The highest BCUT2D eigenvalue weighted by Crippen LogP contribution is 2.71. The van der Waals surface area contributed by atoms with Crippen LogP contribution < -0.4 is 0 Å². The first-order chi connectivity index (χ1) is 15.3. The molecule has 4 rings (SSSR count). The number of hydrogen-bond donors (Lipinski definition) is 0. The monoisotopic (exact) mass is 466 g/mol. The van der Waals surface area contributed by atoms with Gasteiger partial charge in [0.05, 0.1) is 4.90 Å². The molecular weight excluding hydrogens is 443 g/mol. The number of rotatable bonds is 6. The van der Waals surface area contributed by atoms with Crippen LogP contribution in [0.1, 0.15) is 11.1 Å². The maximum Gasteiger partial charge on any atom is 0.307 e. The highest BCUT2D eigenvalue weighted by atomic mass is 32.3. The lowest BCUT2D eigenvalue weighted by Gasteiger charge is -2.40. The van der Waals surface area contributed by atoms with Gasteiger partial charge in [-0.25, -0.2) is 8.02 Å². The molecule has 0 saturated heterocycles. The summed E-state index contributed by atoms with van der Waals surface area (Å²) < 4.78 is 46.8. The van der Waals surface area contributed by atoms with Gasteiger partial charge < -0.3 is 0 Å². The molecule has 0 unspecified atom stereocenters. The van der Waals surface area contributed by atoms with E-state index < -0.39 is 26.2 Å². The zero-order chi connectivity index (χ0) is 22.8. The van der Waals surface area contributed by atoms with Crippen molar-refractivity contribution in [2.75, 3.05) is 0 Å². The molecule has 6 heteroatoms. The number of hydrogen-bond acceptors (Lipinski definition) is 3. The third-order valence-corrected chi connectivity index (χ3v) is 10.4. The second kappa shape index (κ2) is 8.90. The predicted molar refractivity (Wildman–Crippen MR) is 126 cm³/mol. The molecule has 0 spiro atoms. The maximum atomic E-state index is 13.5. The van der Waals surface area contributed by atoms with Crippen LogP contribution in [0.2, 0.25) is 0 Å². The van der Waals surface area contributed by atoms with E-state index in [1.807, 2.05) is 92.7 Å². The van der Waals surface area contributed by atoms with Gasteiger partial charge in [-0.2, -0.15) is 8.42 Å². The van der Waals surface area contributed by atoms with E-state index in [2.05, 4.69) is 0 Å². The standard InChI is InChI=1S/C26H23FO3S2/c1-20-13-18-26(21(2)19-20)31(23-9-5-3-6-10-23,24-11-7-4-8-12-24)30-32(28,29)25-16-14-22(27)15-17-25/h3-19H,1-2H3. The Kier molecular flexibility index (Phi) is 6.20. The SMILES string of the molecule is Cc1ccc(S(OS(=O)(=O)c2ccc(F)cc2)(c2ccccc2)c2ccccc2)c(C)c1. The van der Waals surface area contributed by atoms with Gasteiger partial charge in [0.25, 0.3) is 0 Å². The molecule has 0 atom stereocenters. The molecule has 0 aliphatic carbocycles. The average Bonchev–Trinajstić information content (AvgIpc) is 2.79. The van der Waals surface area contributed by atoms with Gasteiger partial charge in [0.1, 0.15) is 5.82 Å². The molecule has 0 aliphatic rings. The zero-order valence-electron chi connectivity index (χ0n) is 17.7. The Morgan fingerprint density at radius 3 is 1.69 bits per heavy atom. The smallest absolute Gasteiger partial charge is 0.207 e. The fourth-order valence-electron chi connectivity index (χ4n) is 3.63. The predicted octanol–water partition coefficient (Wildman–Crippen LogP) is 7.04. The van der Waals surface area contributed by atoms with Gasteiger partial charge in [0, 0.05) is 14.7 Å². The van der Waals surface area contributed by atoms with Crippen molar-refractivity contribution in [1.29, 1.82) is 0 Å². The summed E-state index contributed by atoms with van der Waals surface area (Å²) in [5, 5.41) is 0. The van der Waals surface area contributed by atoms with Crippen LogP contribution in [0.15, 0.2) is 123 Å². The zero-order valence-corrected chi connectivity index (χ0v) is 19.4. The second-order valence-electron chi connectivity index (χ2n) is 7.43. The Balaban J connectivity index is 2.04. The molecule has 0 bridgehead atoms. The third-order valence-electron chi connectivity index (χ3n) is 5.08. The summed E-state index contributed by atoms with van der Waals surface area (Å²) in [6, 6.07) is 29.5. The Morgan fingerprint density at radius 2 is 1.19 bits per heavy atom. The topological polar surface area (TPSA) is 43.4 Å². The molecular formula is C26H23FO3S2. The summed E-state index contributed by atoms with van der Waals surface area (Å²) >= 11 is 0. The van der Waals surface area contributed by atoms with Gasteiger partial charge in [-0.3, -0.25) is 0 Å². The minimum atomic E-state index is -4.24. The van der Waals surface area contributed by atoms with Crippen LogP contribution in [-0.2, 0) is 13.7 Å². The molecule has 0 amide bonds. The maximum absolute atomic E-state index is 13.5. The van der Waals surface area contributed by atoms with E-state index in [9.17, 15) is 12.8 Å². The molecule has 164 valence electrons. The summed E-state index contributed by atoms with van der Waals surface area (Å²) in [5.41, 5.74) is 2.00. The number of benzene rings is 4. The summed E-state index contributed by atoms with van der Waals surface area (Å²) in [7, 11) is -6.91. The summed E-state index contributed by atoms with van der Waals surface area (Å²) in [4.78, 5) is 2.21. The molecule has 0 saturated carbocycles. The average molecular weight is 467 g/mol. The first-order valence-electron chi connectivity index (χ1n) is 10.1. The number of aryl methyl sites for hydroxylation is 2. The van der Waals surface area contributed by atoms with E-state index in [-0.39, 0.29) is 4.90 Å². The lowest BCUT2D eigenvalue weighted by Crippen LogP contribution is -2.15. The summed E-state index contributed by atoms with van der Waals surface area (Å²) in [5.74, 6) is -0.511. The summed E-state index contributed by atoms with van der Waals surface area (Å²) in [6.45, 7) is 3.96. The Hall–Kier alpha value is -2.93. The third kappa shape index (κ3) is 4.21. The molecule has 0 radical (unpaired) electrons. The van der Waals surface area contributed by atoms with Crippen LogP contribution in [0.3, 0.4) is 0 Å². The molecule has 0 aliphatic heterocycles. The van der Waals surface area contributed by atoms with Gasteiger partial charge in [-0.1, -0.05) is 54.1 Å². The molecule has 0 aromatic heterocycles. The van der Waals surface area contributed by atoms with Gasteiger partial charge in [0.15, 0.2) is 0 Å². The minimum absolute atomic E-state index is 0.0904. The molecule has 32 heavy (non-hydrogen) atoms. The van der Waals surface area contributed by atoms with E-state index in [0.29, 0.717) is 0 Å². The quantitative estimate of drug-likeness (QED) is 0.306. The fourth-order valence-corrected chi connectivity index (χ4v) is 9.04. The van der Waals surface area contributed by atoms with Crippen molar-refractivity contribution in [2.24, 2.45) is 0 Å². The molecule has 3 nitrogen and oxygen atoms in total. The largest absolute Gasteiger partial charge is 0.307 e. The Bertz CT molecular complexity index is 1280. The van der Waals surface area contributed by atoms with Crippen LogP contribution in [0, 0.1) is 19.7 Å². The van der Waals surface area contributed by atoms with Gasteiger partial charge in [0.2, 0.25) is 0 Å². The van der Waals surface area contributed by atoms with E-state index in [4.69, 9.17) is 3.63 Å². The number of halogens is 1. The normalized spacial score (nSPS) is 12.5. The van der Waals surface area contributed by atoms with Crippen molar-refractivity contribution in [1.82, 2.24) is 0 Å². The van der Waals surface area contributed by atoms with E-state index in [1.165, 1.54) is 12.1 Å². The van der Waals surface area contributed by atoms with Crippen molar-refractivity contribution in [3.8, 4) is 0 Å². The fraction of sp³-hybridized carbons (Fsp3) is 0.0769. The Labute approximate surface area is 190 Å². The van der Waals surface area contributed by atoms with Crippen LogP contribution in [0.4, 0.5) is 4.39 Å². The molecule has 4 aromatic rings. The van der Waals surface area contributed by atoms with Crippen LogP contribution in [0.5, 0.6) is 0 Å². The van der Waals surface area contributed by atoms with E-state index in [0.717, 1.165) is 37.9 Å². The molecule has 0 heterocycles. The minimum Gasteiger partial charge on any atom is -0.207 e. The van der Waals surface area contributed by atoms with Gasteiger partial charge >= 0.3 is 10.1 Å². The molecule has 4 aromatic carbocycles. The van der Waals surface area contributed by atoms with Crippen molar-refractivity contribution < 1.29 is 16.4 Å². The second-order valence-corrected chi connectivity index (χ2v) is 11.8. The van der Waals surface area contributed by atoms with Crippen LogP contribution in [0.25, 0.3) is 0 Å². The lowest BCUT2D eigenvalue weighted by molar-refractivity contribution is 0.508. The molecule has 0 fully saturated rings.